The lowest BCUT2D eigenvalue weighted by molar-refractivity contribution is -0.255. The number of carbonyl (C=O) groups excluding carboxylic acids is 1. The van der Waals surface area contributed by atoms with Crippen molar-refractivity contribution in [1.82, 2.24) is 0 Å². The third kappa shape index (κ3) is 2.44. The topological polar surface area (TPSA) is 40.1 Å². The van der Waals surface area contributed by atoms with Gasteiger partial charge in [0.15, 0.2) is 5.82 Å². The van der Waals surface area contributed by atoms with Gasteiger partial charge in [-0.2, -0.15) is 0 Å². The first-order valence-corrected chi connectivity index (χ1v) is 5.75. The van der Waals surface area contributed by atoms with Crippen molar-refractivity contribution in [1.29, 1.82) is 0 Å². The first kappa shape index (κ1) is 13.5. The van der Waals surface area contributed by atoms with Crippen LogP contribution in [-0.4, -0.2) is 5.97 Å². The highest BCUT2D eigenvalue weighted by Gasteiger charge is 2.19. The zero-order valence-corrected chi connectivity index (χ0v) is 10.6. The Hall–Kier alpha value is -1.94. The first-order chi connectivity index (χ1) is 8.91. The quantitative estimate of drug-likeness (QED) is 0.794. The number of hydrogen-bond donors (Lipinski definition) is 0. The van der Waals surface area contributed by atoms with Crippen LogP contribution >= 0.6 is 11.6 Å². The summed E-state index contributed by atoms with van der Waals surface area (Å²) < 4.78 is 27.9. The monoisotopic (exact) mass is 281 g/mol. The molecule has 0 heterocycles. The van der Waals surface area contributed by atoms with Gasteiger partial charge in [-0.25, -0.2) is 8.78 Å². The Morgan fingerprint density at radius 3 is 2.26 bits per heavy atom. The molecule has 2 aromatic rings. The van der Waals surface area contributed by atoms with Gasteiger partial charge in [-0.1, -0.05) is 41.4 Å². The summed E-state index contributed by atoms with van der Waals surface area (Å²) in [6.45, 7) is 1.82. The second-order valence-electron chi connectivity index (χ2n) is 4.06. The van der Waals surface area contributed by atoms with Gasteiger partial charge in [0.25, 0.3) is 0 Å². The SMILES string of the molecule is Cc1ccc(-c2c(F)c(Cl)cc(C(=O)[O-])c2F)cc1. The number of aryl methyl sites for hydroxylation is 1. The van der Waals surface area contributed by atoms with Crippen molar-refractivity contribution in [2.75, 3.05) is 0 Å². The summed E-state index contributed by atoms with van der Waals surface area (Å²) in [5, 5.41) is 10.3. The molecule has 0 fully saturated rings. The Balaban J connectivity index is 2.75. The number of carbonyl (C=O) groups is 1. The molecule has 5 heteroatoms. The standard InChI is InChI=1S/C14H9ClF2O2/c1-7-2-4-8(5-3-7)11-12(16)9(14(18)19)6-10(15)13(11)17/h2-6H,1H3,(H,18,19)/p-1. The zero-order valence-electron chi connectivity index (χ0n) is 9.84. The Labute approximate surface area is 113 Å². The van der Waals surface area contributed by atoms with Crippen molar-refractivity contribution in [3.63, 3.8) is 0 Å². The molecule has 0 unspecified atom stereocenters. The van der Waals surface area contributed by atoms with E-state index in [2.05, 4.69) is 0 Å². The van der Waals surface area contributed by atoms with Crippen molar-refractivity contribution in [2.45, 2.75) is 6.92 Å². The lowest BCUT2D eigenvalue weighted by Gasteiger charge is -2.12. The van der Waals surface area contributed by atoms with E-state index in [4.69, 9.17) is 11.6 Å². The molecule has 0 atom stereocenters. The summed E-state index contributed by atoms with van der Waals surface area (Å²) in [7, 11) is 0. The fourth-order valence-corrected chi connectivity index (χ4v) is 1.93. The molecule has 2 aromatic carbocycles. The van der Waals surface area contributed by atoms with Crippen LogP contribution < -0.4 is 5.11 Å². The number of carboxylic acids is 1. The zero-order chi connectivity index (χ0) is 14.2. The summed E-state index contributed by atoms with van der Waals surface area (Å²) in [5.41, 5.74) is -0.106. The number of benzene rings is 2. The van der Waals surface area contributed by atoms with Gasteiger partial charge in [0.1, 0.15) is 5.82 Å². The molecule has 0 aliphatic heterocycles. The fourth-order valence-electron chi connectivity index (χ4n) is 1.73. The maximum Gasteiger partial charge on any atom is 0.152 e. The Bertz CT molecular complexity index is 651. The fraction of sp³-hybridized carbons (Fsp3) is 0.0714. The summed E-state index contributed by atoms with van der Waals surface area (Å²) in [6, 6.07) is 7.01. The molecule has 0 aliphatic carbocycles. The van der Waals surface area contributed by atoms with E-state index < -0.39 is 33.8 Å². The molecule has 0 saturated carbocycles. The molecule has 0 saturated heterocycles. The maximum atomic E-state index is 14.0. The van der Waals surface area contributed by atoms with E-state index in [9.17, 15) is 18.7 Å². The van der Waals surface area contributed by atoms with E-state index in [-0.39, 0.29) is 5.56 Å². The predicted octanol–water partition coefficient (Wildman–Crippen LogP) is 2.96. The minimum absolute atomic E-state index is 0.214. The molecule has 0 bridgehead atoms. The molecule has 2 nitrogen and oxygen atoms in total. The molecule has 0 spiro atoms. The van der Waals surface area contributed by atoms with Gasteiger partial charge in [0.05, 0.1) is 16.6 Å². The largest absolute Gasteiger partial charge is 0.545 e. The predicted molar refractivity (Wildman–Crippen MR) is 65.9 cm³/mol. The number of halogens is 3. The highest BCUT2D eigenvalue weighted by atomic mass is 35.5. The van der Waals surface area contributed by atoms with Crippen LogP contribution in [0, 0.1) is 18.6 Å². The van der Waals surface area contributed by atoms with Crippen LogP contribution in [0.3, 0.4) is 0 Å². The van der Waals surface area contributed by atoms with E-state index in [0.29, 0.717) is 6.07 Å². The van der Waals surface area contributed by atoms with Gasteiger partial charge in [0, 0.05) is 5.56 Å². The van der Waals surface area contributed by atoms with E-state index >= 15 is 0 Å². The van der Waals surface area contributed by atoms with Crippen LogP contribution in [0.15, 0.2) is 30.3 Å². The Morgan fingerprint density at radius 2 is 1.74 bits per heavy atom. The summed E-state index contributed by atoms with van der Waals surface area (Å²) in [6.07, 6.45) is 0. The third-order valence-electron chi connectivity index (χ3n) is 2.72. The van der Waals surface area contributed by atoms with Crippen LogP contribution in [-0.2, 0) is 0 Å². The summed E-state index contributed by atoms with van der Waals surface area (Å²) in [5.74, 6) is -3.92. The van der Waals surface area contributed by atoms with Crippen molar-refractivity contribution in [2.24, 2.45) is 0 Å². The smallest absolute Gasteiger partial charge is 0.152 e. The average molecular weight is 282 g/mol. The van der Waals surface area contributed by atoms with E-state index in [1.165, 1.54) is 12.1 Å². The van der Waals surface area contributed by atoms with Crippen molar-refractivity contribution in [3.8, 4) is 11.1 Å². The van der Waals surface area contributed by atoms with Crippen LogP contribution in [0.4, 0.5) is 8.78 Å². The molecule has 0 radical (unpaired) electrons. The van der Waals surface area contributed by atoms with E-state index in [1.54, 1.807) is 12.1 Å². The normalized spacial score (nSPS) is 10.5. The van der Waals surface area contributed by atoms with Crippen molar-refractivity contribution in [3.05, 3.63) is 58.1 Å². The molecule has 0 aromatic heterocycles. The Kier molecular flexibility index (Phi) is 3.53. The second kappa shape index (κ2) is 4.97. The molecule has 19 heavy (non-hydrogen) atoms. The second-order valence-corrected chi connectivity index (χ2v) is 4.47. The van der Waals surface area contributed by atoms with Gasteiger partial charge in [0.2, 0.25) is 0 Å². The molecule has 0 amide bonds. The van der Waals surface area contributed by atoms with E-state index in [0.717, 1.165) is 5.56 Å². The number of hydrogen-bond acceptors (Lipinski definition) is 2. The van der Waals surface area contributed by atoms with Crippen LogP contribution in [0.1, 0.15) is 15.9 Å². The number of rotatable bonds is 2. The van der Waals surface area contributed by atoms with E-state index in [1.807, 2.05) is 6.92 Å². The maximum absolute atomic E-state index is 14.0. The first-order valence-electron chi connectivity index (χ1n) is 5.37. The van der Waals surface area contributed by atoms with Gasteiger partial charge >= 0.3 is 0 Å². The molecule has 0 aliphatic rings. The molecular formula is C14H8ClF2O2-. The van der Waals surface area contributed by atoms with Crippen LogP contribution in [0.25, 0.3) is 11.1 Å². The third-order valence-corrected chi connectivity index (χ3v) is 2.99. The highest BCUT2D eigenvalue weighted by Crippen LogP contribution is 2.32. The summed E-state index contributed by atoms with van der Waals surface area (Å²) in [4.78, 5) is 10.8. The minimum atomic E-state index is -1.74. The lowest BCUT2D eigenvalue weighted by atomic mass is 10.0. The summed E-state index contributed by atoms with van der Waals surface area (Å²) >= 11 is 5.58. The van der Waals surface area contributed by atoms with Crippen molar-refractivity contribution < 1.29 is 18.7 Å². The molecule has 98 valence electrons. The van der Waals surface area contributed by atoms with Crippen LogP contribution in [0.2, 0.25) is 5.02 Å². The van der Waals surface area contributed by atoms with Gasteiger partial charge in [-0.05, 0) is 18.6 Å². The Morgan fingerprint density at radius 1 is 1.16 bits per heavy atom. The molecular weight excluding hydrogens is 274 g/mol. The number of aromatic carboxylic acids is 1. The number of carboxylic acid groups (broad SMARTS) is 1. The molecule has 0 N–H and O–H groups in total. The van der Waals surface area contributed by atoms with Crippen LogP contribution in [0.5, 0.6) is 0 Å². The minimum Gasteiger partial charge on any atom is -0.545 e. The average Bonchev–Trinajstić information content (AvgIpc) is 2.36. The highest BCUT2D eigenvalue weighted by molar-refractivity contribution is 6.31. The molecule has 2 rings (SSSR count). The lowest BCUT2D eigenvalue weighted by Crippen LogP contribution is -2.24. The van der Waals surface area contributed by atoms with Crippen molar-refractivity contribution >= 4 is 17.6 Å². The van der Waals surface area contributed by atoms with Gasteiger partial charge < -0.3 is 9.90 Å². The van der Waals surface area contributed by atoms with Gasteiger partial charge in [-0.3, -0.25) is 0 Å². The van der Waals surface area contributed by atoms with Gasteiger partial charge in [-0.15, -0.1) is 0 Å².